The van der Waals surface area contributed by atoms with Gasteiger partial charge in [0.15, 0.2) is 0 Å². The van der Waals surface area contributed by atoms with Crippen LogP contribution in [0.1, 0.15) is 5.56 Å². The Balaban J connectivity index is 1.98. The fourth-order valence-electron chi connectivity index (χ4n) is 1.95. The summed E-state index contributed by atoms with van der Waals surface area (Å²) < 4.78 is 36.4. The molecular weight excluding hydrogens is 306 g/mol. The summed E-state index contributed by atoms with van der Waals surface area (Å²) in [6, 6.07) is 7.38. The van der Waals surface area contributed by atoms with Gasteiger partial charge >= 0.3 is 6.03 Å². The summed E-state index contributed by atoms with van der Waals surface area (Å²) in [5, 5.41) is 4.94. The first-order chi connectivity index (χ1) is 11.0. The van der Waals surface area contributed by atoms with Crippen LogP contribution in [-0.2, 0) is 6.54 Å². The van der Waals surface area contributed by atoms with E-state index < -0.39 is 17.7 Å². The molecule has 2 rings (SSSR count). The molecular formula is C16H16F2N2O3. The number of carbonyl (C=O) groups excluding carboxylic acids is 1. The van der Waals surface area contributed by atoms with Gasteiger partial charge in [0.2, 0.25) is 0 Å². The Morgan fingerprint density at radius 3 is 2.04 bits per heavy atom. The van der Waals surface area contributed by atoms with E-state index in [-0.39, 0.29) is 12.2 Å². The van der Waals surface area contributed by atoms with Gasteiger partial charge in [-0.25, -0.2) is 13.6 Å². The maximum Gasteiger partial charge on any atom is 0.319 e. The van der Waals surface area contributed by atoms with Crippen molar-refractivity contribution in [2.75, 3.05) is 19.5 Å². The number of ether oxygens (including phenoxy) is 2. The Kier molecular flexibility index (Phi) is 5.35. The monoisotopic (exact) mass is 322 g/mol. The standard InChI is InChI=1S/C16H16F2N2O3/c1-22-14-3-10(4-15(8-14)23-2)9-19-16(21)20-13-6-11(17)5-12(18)7-13/h3-8H,9H2,1-2H3,(H2,19,20,21). The van der Waals surface area contributed by atoms with E-state index in [9.17, 15) is 13.6 Å². The number of carbonyl (C=O) groups is 1. The molecule has 0 radical (unpaired) electrons. The third-order valence-electron chi connectivity index (χ3n) is 2.98. The van der Waals surface area contributed by atoms with Gasteiger partial charge in [0.25, 0.3) is 0 Å². The normalized spacial score (nSPS) is 10.1. The molecule has 122 valence electrons. The van der Waals surface area contributed by atoms with E-state index in [1.807, 2.05) is 0 Å². The van der Waals surface area contributed by atoms with Crippen molar-refractivity contribution in [1.82, 2.24) is 5.32 Å². The van der Waals surface area contributed by atoms with E-state index in [1.165, 1.54) is 14.2 Å². The SMILES string of the molecule is COc1cc(CNC(=O)Nc2cc(F)cc(F)c2)cc(OC)c1. The van der Waals surface area contributed by atoms with Crippen LogP contribution in [0.3, 0.4) is 0 Å². The molecule has 0 spiro atoms. The van der Waals surface area contributed by atoms with Crippen LogP contribution in [0.4, 0.5) is 19.3 Å². The average Bonchev–Trinajstić information content (AvgIpc) is 2.51. The van der Waals surface area contributed by atoms with Crippen LogP contribution < -0.4 is 20.1 Å². The van der Waals surface area contributed by atoms with Gasteiger partial charge in [-0.2, -0.15) is 0 Å². The Bertz CT molecular complexity index is 665. The molecule has 0 saturated carbocycles. The van der Waals surface area contributed by atoms with Crippen molar-refractivity contribution in [2.24, 2.45) is 0 Å². The fourth-order valence-corrected chi connectivity index (χ4v) is 1.95. The van der Waals surface area contributed by atoms with Crippen molar-refractivity contribution >= 4 is 11.7 Å². The van der Waals surface area contributed by atoms with Crippen molar-refractivity contribution in [2.45, 2.75) is 6.54 Å². The molecule has 23 heavy (non-hydrogen) atoms. The first-order valence-corrected chi connectivity index (χ1v) is 6.73. The van der Waals surface area contributed by atoms with Gasteiger partial charge in [-0.3, -0.25) is 0 Å². The lowest BCUT2D eigenvalue weighted by molar-refractivity contribution is 0.251. The largest absolute Gasteiger partial charge is 0.497 e. The van der Waals surface area contributed by atoms with Gasteiger partial charge < -0.3 is 20.1 Å². The van der Waals surface area contributed by atoms with Crippen LogP contribution in [-0.4, -0.2) is 20.3 Å². The Morgan fingerprint density at radius 1 is 0.957 bits per heavy atom. The van der Waals surface area contributed by atoms with Crippen molar-refractivity contribution in [3.05, 3.63) is 53.6 Å². The maximum absolute atomic E-state index is 13.1. The van der Waals surface area contributed by atoms with Crippen LogP contribution in [0.15, 0.2) is 36.4 Å². The number of anilines is 1. The lowest BCUT2D eigenvalue weighted by atomic mass is 10.2. The number of halogens is 2. The second-order valence-electron chi connectivity index (χ2n) is 4.69. The molecule has 0 fully saturated rings. The minimum Gasteiger partial charge on any atom is -0.497 e. The third kappa shape index (κ3) is 4.84. The molecule has 2 N–H and O–H groups in total. The van der Waals surface area contributed by atoms with Crippen LogP contribution in [0.25, 0.3) is 0 Å². The van der Waals surface area contributed by atoms with E-state index >= 15 is 0 Å². The summed E-state index contributed by atoms with van der Waals surface area (Å²) in [6.45, 7) is 0.192. The second kappa shape index (κ2) is 7.44. The Labute approximate surface area is 132 Å². The number of nitrogens with one attached hydrogen (secondary N) is 2. The minimum atomic E-state index is -0.766. The first kappa shape index (κ1) is 16.5. The number of rotatable bonds is 5. The molecule has 7 heteroatoms. The second-order valence-corrected chi connectivity index (χ2v) is 4.69. The molecule has 0 aliphatic carbocycles. The van der Waals surface area contributed by atoms with Crippen molar-refractivity contribution in [3.8, 4) is 11.5 Å². The number of hydrogen-bond donors (Lipinski definition) is 2. The smallest absolute Gasteiger partial charge is 0.319 e. The van der Waals surface area contributed by atoms with Crippen molar-refractivity contribution < 1.29 is 23.0 Å². The predicted molar refractivity (Wildman–Crippen MR) is 81.8 cm³/mol. The van der Waals surface area contributed by atoms with Crippen LogP contribution in [0, 0.1) is 11.6 Å². The molecule has 0 aromatic heterocycles. The molecule has 0 saturated heterocycles. The third-order valence-corrected chi connectivity index (χ3v) is 2.98. The summed E-state index contributed by atoms with van der Waals surface area (Å²) >= 11 is 0. The molecule has 5 nitrogen and oxygen atoms in total. The topological polar surface area (TPSA) is 59.6 Å². The van der Waals surface area contributed by atoms with Gasteiger partial charge in [-0.05, 0) is 29.8 Å². The molecule has 2 amide bonds. The van der Waals surface area contributed by atoms with Crippen LogP contribution >= 0.6 is 0 Å². The molecule has 0 aliphatic heterocycles. The highest BCUT2D eigenvalue weighted by Crippen LogP contribution is 2.22. The number of urea groups is 1. The maximum atomic E-state index is 13.1. The Hall–Kier alpha value is -2.83. The highest BCUT2D eigenvalue weighted by atomic mass is 19.1. The number of benzene rings is 2. The van der Waals surface area contributed by atoms with Gasteiger partial charge in [0, 0.05) is 24.4 Å². The fraction of sp³-hybridized carbons (Fsp3) is 0.188. The summed E-state index contributed by atoms with van der Waals surface area (Å²) in [7, 11) is 3.05. The highest BCUT2D eigenvalue weighted by molar-refractivity contribution is 5.89. The lowest BCUT2D eigenvalue weighted by Crippen LogP contribution is -2.28. The predicted octanol–water partition coefficient (Wildman–Crippen LogP) is 3.30. The van der Waals surface area contributed by atoms with E-state index in [4.69, 9.17) is 9.47 Å². The van der Waals surface area contributed by atoms with Gasteiger partial charge in [0.05, 0.1) is 14.2 Å². The van der Waals surface area contributed by atoms with Crippen molar-refractivity contribution in [3.63, 3.8) is 0 Å². The van der Waals surface area contributed by atoms with E-state index in [0.717, 1.165) is 23.8 Å². The molecule has 0 atom stereocenters. The van der Waals surface area contributed by atoms with E-state index in [2.05, 4.69) is 10.6 Å². The molecule has 2 aromatic rings. The average molecular weight is 322 g/mol. The number of methoxy groups -OCH3 is 2. The van der Waals surface area contributed by atoms with Gasteiger partial charge in [0.1, 0.15) is 23.1 Å². The van der Waals surface area contributed by atoms with E-state index in [0.29, 0.717) is 11.5 Å². The summed E-state index contributed by atoms with van der Waals surface area (Å²) in [5.74, 6) is -0.349. The molecule has 0 bridgehead atoms. The van der Waals surface area contributed by atoms with Crippen LogP contribution in [0.2, 0.25) is 0 Å². The molecule has 2 aromatic carbocycles. The Morgan fingerprint density at radius 2 is 1.52 bits per heavy atom. The lowest BCUT2D eigenvalue weighted by Gasteiger charge is -2.10. The summed E-state index contributed by atoms with van der Waals surface area (Å²) in [5.41, 5.74) is 0.782. The molecule has 0 heterocycles. The molecule has 0 aliphatic rings. The van der Waals surface area contributed by atoms with Gasteiger partial charge in [-0.1, -0.05) is 0 Å². The minimum absolute atomic E-state index is 0.0308. The highest BCUT2D eigenvalue weighted by Gasteiger charge is 2.07. The zero-order valence-corrected chi connectivity index (χ0v) is 12.7. The molecule has 0 unspecified atom stereocenters. The number of amides is 2. The first-order valence-electron chi connectivity index (χ1n) is 6.73. The van der Waals surface area contributed by atoms with Gasteiger partial charge in [-0.15, -0.1) is 0 Å². The quantitative estimate of drug-likeness (QED) is 0.888. The summed E-state index contributed by atoms with van der Waals surface area (Å²) in [4.78, 5) is 11.8. The zero-order valence-electron chi connectivity index (χ0n) is 12.7. The van der Waals surface area contributed by atoms with Crippen LogP contribution in [0.5, 0.6) is 11.5 Å². The summed E-state index contributed by atoms with van der Waals surface area (Å²) in [6.07, 6.45) is 0. The van der Waals surface area contributed by atoms with Crippen molar-refractivity contribution in [1.29, 1.82) is 0 Å². The van der Waals surface area contributed by atoms with E-state index in [1.54, 1.807) is 18.2 Å². The zero-order chi connectivity index (χ0) is 16.8. The number of hydrogen-bond acceptors (Lipinski definition) is 3.